The minimum atomic E-state index is -0.0879. The Morgan fingerprint density at radius 2 is 2.00 bits per heavy atom. The van der Waals surface area contributed by atoms with E-state index in [2.05, 4.69) is 10.1 Å². The van der Waals surface area contributed by atoms with Crippen molar-refractivity contribution < 1.29 is 19.5 Å². The number of aromatic hydroxyl groups is 2. The number of benzene rings is 1. The van der Waals surface area contributed by atoms with Gasteiger partial charge in [0.05, 0.1) is 6.61 Å². The highest BCUT2D eigenvalue weighted by molar-refractivity contribution is 5.69. The molecule has 0 aliphatic carbocycles. The molecule has 2 N–H and O–H groups in total. The Labute approximate surface area is 109 Å². The molecule has 0 spiro atoms. The summed E-state index contributed by atoms with van der Waals surface area (Å²) >= 11 is 0. The van der Waals surface area contributed by atoms with Crippen LogP contribution in [0.4, 0.5) is 0 Å². The van der Waals surface area contributed by atoms with Crippen LogP contribution in [0.1, 0.15) is 24.6 Å². The highest BCUT2D eigenvalue weighted by atomic mass is 16.5. The van der Waals surface area contributed by atoms with E-state index in [9.17, 15) is 10.2 Å². The Balaban J connectivity index is 1.92. The summed E-state index contributed by atoms with van der Waals surface area (Å²) < 4.78 is 10.5. The molecule has 0 saturated carbocycles. The Kier molecular flexibility index (Phi) is 3.08. The second kappa shape index (κ2) is 4.89. The van der Waals surface area contributed by atoms with E-state index in [0.717, 1.165) is 19.4 Å². The average Bonchev–Trinajstić information content (AvgIpc) is 2.89. The van der Waals surface area contributed by atoms with Crippen LogP contribution in [-0.4, -0.2) is 33.6 Å². The molecule has 1 aliphatic rings. The highest BCUT2D eigenvalue weighted by Gasteiger charge is 2.23. The van der Waals surface area contributed by atoms with Crippen LogP contribution in [-0.2, 0) is 4.74 Å². The zero-order valence-corrected chi connectivity index (χ0v) is 10.2. The number of hydrogen-bond acceptors (Lipinski definition) is 6. The van der Waals surface area contributed by atoms with Crippen LogP contribution in [0.25, 0.3) is 11.5 Å². The lowest BCUT2D eigenvalue weighted by atomic mass is 10.0. The van der Waals surface area contributed by atoms with E-state index in [4.69, 9.17) is 9.26 Å². The summed E-state index contributed by atoms with van der Waals surface area (Å²) in [6.45, 7) is 1.34. The van der Waals surface area contributed by atoms with E-state index in [0.29, 0.717) is 12.4 Å². The van der Waals surface area contributed by atoms with Gasteiger partial charge in [0.2, 0.25) is 0 Å². The quantitative estimate of drug-likeness (QED) is 0.861. The van der Waals surface area contributed by atoms with Crippen LogP contribution in [0, 0.1) is 0 Å². The minimum Gasteiger partial charge on any atom is -0.507 e. The maximum absolute atomic E-state index is 9.75. The molecule has 0 radical (unpaired) electrons. The van der Waals surface area contributed by atoms with Crippen molar-refractivity contribution in [3.05, 3.63) is 24.0 Å². The van der Waals surface area contributed by atoms with Gasteiger partial charge in [-0.25, -0.2) is 0 Å². The molecule has 0 amide bonds. The number of phenolic OH excluding ortho intramolecular Hbond substituents is 2. The molecule has 100 valence electrons. The molecule has 3 rings (SSSR count). The van der Waals surface area contributed by atoms with Crippen LogP contribution < -0.4 is 0 Å². The summed E-state index contributed by atoms with van der Waals surface area (Å²) in [4.78, 5) is 4.25. The van der Waals surface area contributed by atoms with Crippen molar-refractivity contribution >= 4 is 0 Å². The van der Waals surface area contributed by atoms with Gasteiger partial charge in [-0.15, -0.1) is 0 Å². The van der Waals surface area contributed by atoms with Crippen molar-refractivity contribution in [1.29, 1.82) is 0 Å². The van der Waals surface area contributed by atoms with Gasteiger partial charge >= 0.3 is 0 Å². The van der Waals surface area contributed by atoms with Crippen molar-refractivity contribution in [3.63, 3.8) is 0 Å². The summed E-state index contributed by atoms with van der Waals surface area (Å²) in [5, 5.41) is 23.4. The summed E-state index contributed by atoms with van der Waals surface area (Å²) in [6, 6.07) is 4.46. The molecule has 2 heterocycles. The maximum Gasteiger partial charge on any atom is 0.265 e. The second-order valence-corrected chi connectivity index (χ2v) is 4.54. The maximum atomic E-state index is 9.75. The first-order chi connectivity index (χ1) is 9.25. The molecule has 6 heteroatoms. The fraction of sp³-hybridized carbons (Fsp3) is 0.385. The third-order valence-electron chi connectivity index (χ3n) is 3.20. The molecule has 19 heavy (non-hydrogen) atoms. The monoisotopic (exact) mass is 262 g/mol. The Bertz CT molecular complexity index is 556. The molecule has 1 fully saturated rings. The van der Waals surface area contributed by atoms with Gasteiger partial charge < -0.3 is 19.5 Å². The molecule has 1 saturated heterocycles. The van der Waals surface area contributed by atoms with E-state index < -0.39 is 0 Å². The topological polar surface area (TPSA) is 88.6 Å². The molecule has 1 atom stereocenters. The van der Waals surface area contributed by atoms with Crippen molar-refractivity contribution in [2.45, 2.75) is 18.8 Å². The van der Waals surface area contributed by atoms with Crippen molar-refractivity contribution in [3.8, 4) is 23.0 Å². The van der Waals surface area contributed by atoms with Gasteiger partial charge in [-0.1, -0.05) is 11.2 Å². The first-order valence-electron chi connectivity index (χ1n) is 6.18. The molecular formula is C13H14N2O4. The van der Waals surface area contributed by atoms with Crippen LogP contribution in [0.3, 0.4) is 0 Å². The van der Waals surface area contributed by atoms with E-state index >= 15 is 0 Å². The van der Waals surface area contributed by atoms with Crippen LogP contribution in [0.15, 0.2) is 22.7 Å². The average molecular weight is 262 g/mol. The van der Waals surface area contributed by atoms with Gasteiger partial charge in [0.25, 0.3) is 5.89 Å². The zero-order valence-electron chi connectivity index (χ0n) is 10.2. The van der Waals surface area contributed by atoms with E-state index in [1.54, 1.807) is 6.07 Å². The Morgan fingerprint density at radius 1 is 1.21 bits per heavy atom. The number of phenols is 2. The normalized spacial score (nSPS) is 19.5. The number of rotatable bonds is 2. The molecule has 6 nitrogen and oxygen atoms in total. The lowest BCUT2D eigenvalue weighted by Crippen LogP contribution is -2.16. The second-order valence-electron chi connectivity index (χ2n) is 4.54. The molecule has 1 aromatic heterocycles. The van der Waals surface area contributed by atoms with Gasteiger partial charge in [-0.05, 0) is 25.0 Å². The van der Waals surface area contributed by atoms with Gasteiger partial charge in [-0.3, -0.25) is 0 Å². The van der Waals surface area contributed by atoms with Crippen molar-refractivity contribution in [2.75, 3.05) is 13.2 Å². The number of ether oxygens (including phenoxy) is 1. The molecule has 1 aliphatic heterocycles. The van der Waals surface area contributed by atoms with Crippen LogP contribution in [0.2, 0.25) is 0 Å². The first-order valence-corrected chi connectivity index (χ1v) is 6.18. The molecule has 2 aromatic rings. The largest absolute Gasteiger partial charge is 0.507 e. The van der Waals surface area contributed by atoms with Gasteiger partial charge in [0.15, 0.2) is 5.82 Å². The van der Waals surface area contributed by atoms with Crippen molar-refractivity contribution in [2.24, 2.45) is 0 Å². The van der Waals surface area contributed by atoms with Crippen LogP contribution >= 0.6 is 0 Å². The Morgan fingerprint density at radius 3 is 2.68 bits per heavy atom. The third kappa shape index (κ3) is 2.26. The standard InChI is InChI=1S/C13H14N2O4/c16-9-4-1-5-10(17)11(9)13-14-12(15-19-13)8-3-2-6-18-7-8/h1,4-5,8,16-17H,2-3,6-7H2. The summed E-state index contributed by atoms with van der Waals surface area (Å²) in [5.74, 6) is 0.609. The summed E-state index contributed by atoms with van der Waals surface area (Å²) in [7, 11) is 0. The third-order valence-corrected chi connectivity index (χ3v) is 3.20. The number of aromatic nitrogens is 2. The number of hydrogen-bond donors (Lipinski definition) is 2. The fourth-order valence-electron chi connectivity index (χ4n) is 2.19. The van der Waals surface area contributed by atoms with Gasteiger partial charge in [0, 0.05) is 12.5 Å². The zero-order chi connectivity index (χ0) is 13.2. The highest BCUT2D eigenvalue weighted by Crippen LogP contribution is 2.36. The molecule has 1 aromatic carbocycles. The van der Waals surface area contributed by atoms with Gasteiger partial charge in [0.1, 0.15) is 17.1 Å². The first kappa shape index (κ1) is 12.0. The SMILES string of the molecule is Oc1cccc(O)c1-c1nc(C2CCCOC2)no1. The summed E-state index contributed by atoms with van der Waals surface area (Å²) in [5.41, 5.74) is 0.165. The smallest absolute Gasteiger partial charge is 0.265 e. The predicted octanol–water partition coefficient (Wildman–Crippen LogP) is 2.04. The fourth-order valence-corrected chi connectivity index (χ4v) is 2.19. The van der Waals surface area contributed by atoms with E-state index in [1.165, 1.54) is 12.1 Å². The van der Waals surface area contributed by atoms with Gasteiger partial charge in [-0.2, -0.15) is 4.98 Å². The van der Waals surface area contributed by atoms with Crippen LogP contribution in [0.5, 0.6) is 11.5 Å². The minimum absolute atomic E-state index is 0.0879. The summed E-state index contributed by atoms with van der Waals surface area (Å²) in [6.07, 6.45) is 1.92. The van der Waals surface area contributed by atoms with E-state index in [1.807, 2.05) is 0 Å². The lowest BCUT2D eigenvalue weighted by molar-refractivity contribution is 0.0773. The predicted molar refractivity (Wildman–Crippen MR) is 65.9 cm³/mol. The lowest BCUT2D eigenvalue weighted by Gasteiger charge is -2.18. The Hall–Kier alpha value is -2.08. The van der Waals surface area contributed by atoms with E-state index in [-0.39, 0.29) is 28.9 Å². The molecule has 1 unspecified atom stereocenters. The number of nitrogens with zero attached hydrogens (tertiary/aromatic N) is 2. The molecule has 0 bridgehead atoms. The molecular weight excluding hydrogens is 248 g/mol. The van der Waals surface area contributed by atoms with Crippen molar-refractivity contribution in [1.82, 2.24) is 10.1 Å².